The number of ether oxygens (including phenoxy) is 1. The highest BCUT2D eigenvalue weighted by molar-refractivity contribution is 5.94. The van der Waals surface area contributed by atoms with Gasteiger partial charge >= 0.3 is 0 Å². The van der Waals surface area contributed by atoms with Crippen molar-refractivity contribution in [2.45, 2.75) is 0 Å². The zero-order chi connectivity index (χ0) is 12.7. The molecule has 94 valence electrons. The summed E-state index contributed by atoms with van der Waals surface area (Å²) in [6.07, 6.45) is 0. The molecule has 0 heterocycles. The van der Waals surface area contributed by atoms with Gasteiger partial charge in [0.1, 0.15) is 11.6 Å². The minimum atomic E-state index is -0.779. The molecule has 0 saturated carbocycles. The van der Waals surface area contributed by atoms with Crippen LogP contribution in [0.2, 0.25) is 0 Å². The lowest BCUT2D eigenvalue weighted by atomic mass is 10.2. The summed E-state index contributed by atoms with van der Waals surface area (Å²) in [5.41, 5.74) is -0.134. The second-order valence-corrected chi connectivity index (χ2v) is 3.26. The van der Waals surface area contributed by atoms with E-state index in [9.17, 15) is 9.18 Å². The van der Waals surface area contributed by atoms with Crippen LogP contribution in [0.1, 0.15) is 10.4 Å². The van der Waals surface area contributed by atoms with E-state index in [2.05, 4.69) is 5.32 Å². The van der Waals surface area contributed by atoms with Crippen molar-refractivity contribution in [1.29, 1.82) is 0 Å². The Morgan fingerprint density at radius 3 is 2.82 bits per heavy atom. The Bertz CT molecular complexity index is 384. The smallest absolute Gasteiger partial charge is 0.254 e. The Morgan fingerprint density at radius 2 is 2.18 bits per heavy atom. The number of rotatable bonds is 6. The fraction of sp³-hybridized carbons (Fsp3) is 0.364. The van der Waals surface area contributed by atoms with Crippen molar-refractivity contribution in [2.75, 3.05) is 26.4 Å². The number of amides is 1. The number of phenolic OH excluding ortho intramolecular Hbond substituents is 1. The predicted octanol–water partition coefficient (Wildman–Crippen LogP) is 0.270. The SMILES string of the molecule is O=C(NCCOCCO)c1ccc(O)cc1F. The molecule has 1 amide bonds. The molecular weight excluding hydrogens is 229 g/mol. The molecule has 0 saturated heterocycles. The van der Waals surface area contributed by atoms with Gasteiger partial charge in [-0.2, -0.15) is 0 Å². The number of hydrogen-bond acceptors (Lipinski definition) is 4. The van der Waals surface area contributed by atoms with Crippen molar-refractivity contribution in [3.05, 3.63) is 29.6 Å². The van der Waals surface area contributed by atoms with Crippen LogP contribution < -0.4 is 5.32 Å². The highest BCUT2D eigenvalue weighted by Gasteiger charge is 2.11. The number of aliphatic hydroxyl groups excluding tert-OH is 1. The Morgan fingerprint density at radius 1 is 1.41 bits per heavy atom. The third-order valence-corrected chi connectivity index (χ3v) is 1.96. The molecule has 0 aliphatic carbocycles. The van der Waals surface area contributed by atoms with E-state index in [1.54, 1.807) is 0 Å². The maximum Gasteiger partial charge on any atom is 0.254 e. The quantitative estimate of drug-likeness (QED) is 0.627. The van der Waals surface area contributed by atoms with E-state index >= 15 is 0 Å². The van der Waals surface area contributed by atoms with Gasteiger partial charge in [0.2, 0.25) is 0 Å². The summed E-state index contributed by atoms with van der Waals surface area (Å²) >= 11 is 0. The summed E-state index contributed by atoms with van der Waals surface area (Å²) in [7, 11) is 0. The fourth-order valence-corrected chi connectivity index (χ4v) is 1.19. The van der Waals surface area contributed by atoms with Crippen LogP contribution in [0.5, 0.6) is 5.75 Å². The van der Waals surface area contributed by atoms with Gasteiger partial charge in [0.05, 0.1) is 25.4 Å². The summed E-state index contributed by atoms with van der Waals surface area (Å²) in [6.45, 7) is 0.579. The first-order valence-corrected chi connectivity index (χ1v) is 5.10. The maximum atomic E-state index is 13.2. The molecule has 1 aromatic carbocycles. The molecule has 0 aliphatic rings. The zero-order valence-electron chi connectivity index (χ0n) is 9.15. The van der Waals surface area contributed by atoms with Crippen LogP contribution >= 0.6 is 0 Å². The molecule has 0 aromatic heterocycles. The lowest BCUT2D eigenvalue weighted by Crippen LogP contribution is -2.28. The summed E-state index contributed by atoms with van der Waals surface area (Å²) < 4.78 is 18.2. The van der Waals surface area contributed by atoms with Gasteiger partial charge in [-0.15, -0.1) is 0 Å². The van der Waals surface area contributed by atoms with Gasteiger partial charge in [-0.1, -0.05) is 0 Å². The average Bonchev–Trinajstić information content (AvgIpc) is 2.28. The fourth-order valence-electron chi connectivity index (χ4n) is 1.19. The largest absolute Gasteiger partial charge is 0.508 e. The number of aliphatic hydroxyl groups is 1. The Balaban J connectivity index is 2.42. The summed E-state index contributed by atoms with van der Waals surface area (Å²) in [5.74, 6) is -1.58. The third kappa shape index (κ3) is 4.38. The number of nitrogens with one attached hydrogen (secondary N) is 1. The normalized spacial score (nSPS) is 10.2. The molecule has 0 atom stereocenters. The van der Waals surface area contributed by atoms with Crippen molar-refractivity contribution in [3.63, 3.8) is 0 Å². The highest BCUT2D eigenvalue weighted by atomic mass is 19.1. The zero-order valence-corrected chi connectivity index (χ0v) is 9.15. The average molecular weight is 243 g/mol. The van der Waals surface area contributed by atoms with Crippen LogP contribution in [0.3, 0.4) is 0 Å². The first kappa shape index (κ1) is 13.4. The second-order valence-electron chi connectivity index (χ2n) is 3.26. The molecule has 17 heavy (non-hydrogen) atoms. The van der Waals surface area contributed by atoms with Gasteiger partial charge in [-0.3, -0.25) is 4.79 Å². The molecular formula is C11H14FNO4. The number of halogens is 1. The highest BCUT2D eigenvalue weighted by Crippen LogP contribution is 2.14. The van der Waals surface area contributed by atoms with Crippen molar-refractivity contribution in [2.24, 2.45) is 0 Å². The van der Waals surface area contributed by atoms with E-state index in [1.165, 1.54) is 12.1 Å². The first-order chi connectivity index (χ1) is 8.15. The summed E-state index contributed by atoms with van der Waals surface area (Å²) in [6, 6.07) is 3.31. The van der Waals surface area contributed by atoms with Crippen LogP contribution in [0.4, 0.5) is 4.39 Å². The van der Waals surface area contributed by atoms with Gasteiger partial charge in [-0.05, 0) is 12.1 Å². The van der Waals surface area contributed by atoms with Crippen LogP contribution in [-0.4, -0.2) is 42.5 Å². The third-order valence-electron chi connectivity index (χ3n) is 1.96. The minimum Gasteiger partial charge on any atom is -0.508 e. The number of hydrogen-bond donors (Lipinski definition) is 3. The number of carbonyl (C=O) groups is 1. The molecule has 1 rings (SSSR count). The molecule has 6 heteroatoms. The topological polar surface area (TPSA) is 78.8 Å². The monoisotopic (exact) mass is 243 g/mol. The predicted molar refractivity (Wildman–Crippen MR) is 58.3 cm³/mol. The van der Waals surface area contributed by atoms with Crippen molar-refractivity contribution in [3.8, 4) is 5.75 Å². The molecule has 5 nitrogen and oxygen atoms in total. The van der Waals surface area contributed by atoms with Gasteiger partial charge < -0.3 is 20.3 Å². The summed E-state index contributed by atoms with van der Waals surface area (Å²) in [4.78, 5) is 11.5. The van der Waals surface area contributed by atoms with E-state index in [1.807, 2.05) is 0 Å². The second kappa shape index (κ2) is 6.82. The molecule has 0 aliphatic heterocycles. The van der Waals surface area contributed by atoms with Crippen molar-refractivity contribution < 1.29 is 24.1 Å². The van der Waals surface area contributed by atoms with Gasteiger partial charge in [-0.25, -0.2) is 4.39 Å². The molecule has 0 fully saturated rings. The Labute approximate surface area is 97.8 Å². The molecule has 0 radical (unpaired) electrons. The Hall–Kier alpha value is -1.66. The summed E-state index contributed by atoms with van der Waals surface area (Å²) in [5, 5.41) is 19.9. The number of aromatic hydroxyl groups is 1. The molecule has 0 spiro atoms. The van der Waals surface area contributed by atoms with Crippen molar-refractivity contribution in [1.82, 2.24) is 5.32 Å². The van der Waals surface area contributed by atoms with Crippen molar-refractivity contribution >= 4 is 5.91 Å². The number of phenols is 1. The maximum absolute atomic E-state index is 13.2. The van der Waals surface area contributed by atoms with E-state index < -0.39 is 11.7 Å². The molecule has 1 aromatic rings. The lowest BCUT2D eigenvalue weighted by molar-refractivity contribution is 0.0835. The Kier molecular flexibility index (Phi) is 5.38. The van der Waals surface area contributed by atoms with Crippen LogP contribution in [0, 0.1) is 5.82 Å². The van der Waals surface area contributed by atoms with E-state index in [4.69, 9.17) is 14.9 Å². The standard InChI is InChI=1S/C11H14FNO4/c12-10-7-8(15)1-2-9(10)11(16)13-3-5-17-6-4-14/h1-2,7,14-15H,3-6H2,(H,13,16). The van der Waals surface area contributed by atoms with E-state index in [-0.39, 0.29) is 37.7 Å². The van der Waals surface area contributed by atoms with Crippen LogP contribution in [0.15, 0.2) is 18.2 Å². The molecule has 0 unspecified atom stereocenters. The van der Waals surface area contributed by atoms with Gasteiger partial charge in [0, 0.05) is 12.6 Å². The van der Waals surface area contributed by atoms with Gasteiger partial charge in [0.25, 0.3) is 5.91 Å². The molecule has 3 N–H and O–H groups in total. The number of carbonyl (C=O) groups excluding carboxylic acids is 1. The van der Waals surface area contributed by atoms with E-state index in [0.29, 0.717) is 0 Å². The van der Waals surface area contributed by atoms with E-state index in [0.717, 1.165) is 6.07 Å². The lowest BCUT2D eigenvalue weighted by Gasteiger charge is -2.06. The molecule has 0 bridgehead atoms. The van der Waals surface area contributed by atoms with Crippen LogP contribution in [0.25, 0.3) is 0 Å². The first-order valence-electron chi connectivity index (χ1n) is 5.10. The van der Waals surface area contributed by atoms with Crippen LogP contribution in [-0.2, 0) is 4.74 Å². The minimum absolute atomic E-state index is 0.0828. The van der Waals surface area contributed by atoms with Gasteiger partial charge in [0.15, 0.2) is 0 Å². The number of benzene rings is 1.